The van der Waals surface area contributed by atoms with Crippen LogP contribution in [0.4, 0.5) is 0 Å². The molecule has 0 heterocycles. The van der Waals surface area contributed by atoms with Gasteiger partial charge >= 0.3 is 5.97 Å². The molecule has 0 aliphatic heterocycles. The van der Waals surface area contributed by atoms with E-state index in [2.05, 4.69) is 6.92 Å². The zero-order chi connectivity index (χ0) is 21.1. The summed E-state index contributed by atoms with van der Waals surface area (Å²) in [5.74, 6) is 0.606. The topological polar surface area (TPSA) is 74.2 Å². The molecule has 0 radical (unpaired) electrons. The van der Waals surface area contributed by atoms with E-state index in [9.17, 15) is 9.90 Å². The molecule has 6 nitrogen and oxygen atoms in total. The predicted molar refractivity (Wildman–Crippen MR) is 110 cm³/mol. The van der Waals surface area contributed by atoms with Crippen molar-refractivity contribution < 1.29 is 28.8 Å². The lowest BCUT2D eigenvalue weighted by atomic mass is 9.73. The first-order valence-corrected chi connectivity index (χ1v) is 9.83. The molecule has 0 aliphatic carbocycles. The Morgan fingerprint density at radius 1 is 0.828 bits per heavy atom. The summed E-state index contributed by atoms with van der Waals surface area (Å²) >= 11 is 0. The van der Waals surface area contributed by atoms with E-state index < -0.39 is 11.4 Å². The predicted octanol–water partition coefficient (Wildman–Crippen LogP) is 4.60. The third kappa shape index (κ3) is 6.76. The van der Waals surface area contributed by atoms with Crippen LogP contribution < -0.4 is 9.47 Å². The largest absolute Gasteiger partial charge is 0.481 e. The third-order valence-electron chi connectivity index (χ3n) is 4.85. The lowest BCUT2D eigenvalue weighted by Crippen LogP contribution is -2.25. The first kappa shape index (κ1) is 22.7. The lowest BCUT2D eigenvalue weighted by Gasteiger charge is -2.31. The summed E-state index contributed by atoms with van der Waals surface area (Å²) in [4.78, 5) is 11.2. The molecule has 6 heteroatoms. The van der Waals surface area contributed by atoms with Crippen LogP contribution in [0.2, 0.25) is 0 Å². The second kappa shape index (κ2) is 11.4. The molecule has 2 aromatic carbocycles. The van der Waals surface area contributed by atoms with Gasteiger partial charge in [0.15, 0.2) is 13.6 Å². The van der Waals surface area contributed by atoms with Crippen LogP contribution in [-0.4, -0.2) is 37.9 Å². The van der Waals surface area contributed by atoms with Gasteiger partial charge < -0.3 is 24.1 Å². The quantitative estimate of drug-likeness (QED) is 0.390. The fourth-order valence-corrected chi connectivity index (χ4v) is 3.04. The molecular formula is C23H30O6. The van der Waals surface area contributed by atoms with Crippen molar-refractivity contribution in [1.29, 1.82) is 0 Å². The maximum Gasteiger partial charge on any atom is 0.303 e. The van der Waals surface area contributed by atoms with Crippen molar-refractivity contribution in [2.24, 2.45) is 0 Å². The normalized spacial score (nSPS) is 11.3. The maximum atomic E-state index is 11.2. The van der Waals surface area contributed by atoms with Crippen molar-refractivity contribution in [2.45, 2.75) is 39.0 Å². The van der Waals surface area contributed by atoms with Gasteiger partial charge in [-0.25, -0.2) is 0 Å². The molecule has 0 fully saturated rings. The molecule has 0 amide bonds. The summed E-state index contributed by atoms with van der Waals surface area (Å²) in [6, 6.07) is 15.4. The van der Waals surface area contributed by atoms with E-state index in [1.54, 1.807) is 0 Å². The first-order chi connectivity index (χ1) is 14.0. The van der Waals surface area contributed by atoms with Crippen LogP contribution in [0.25, 0.3) is 0 Å². The van der Waals surface area contributed by atoms with Crippen LogP contribution in [0.1, 0.15) is 44.7 Å². The Morgan fingerprint density at radius 3 is 1.59 bits per heavy atom. The van der Waals surface area contributed by atoms with Crippen LogP contribution in [-0.2, 0) is 19.7 Å². The smallest absolute Gasteiger partial charge is 0.303 e. The number of hydrogen-bond donors (Lipinski definition) is 1. The van der Waals surface area contributed by atoms with E-state index in [-0.39, 0.29) is 20.0 Å². The average molecular weight is 402 g/mol. The van der Waals surface area contributed by atoms with Crippen molar-refractivity contribution in [3.63, 3.8) is 0 Å². The van der Waals surface area contributed by atoms with E-state index in [1.807, 2.05) is 62.4 Å². The fourth-order valence-electron chi connectivity index (χ4n) is 3.04. The van der Waals surface area contributed by atoms with Gasteiger partial charge in [-0.1, -0.05) is 31.2 Å². The minimum Gasteiger partial charge on any atom is -0.481 e. The van der Waals surface area contributed by atoms with Gasteiger partial charge in [-0.15, -0.1) is 0 Å². The second-order valence-corrected chi connectivity index (χ2v) is 6.78. The second-order valence-electron chi connectivity index (χ2n) is 6.78. The van der Waals surface area contributed by atoms with Crippen molar-refractivity contribution in [3.05, 3.63) is 59.7 Å². The summed E-state index contributed by atoms with van der Waals surface area (Å²) in [7, 11) is 0. The van der Waals surface area contributed by atoms with E-state index in [0.29, 0.717) is 31.1 Å². The summed E-state index contributed by atoms with van der Waals surface area (Å²) in [6.07, 6.45) is 0.544. The molecule has 0 aliphatic rings. The fraction of sp³-hybridized carbons (Fsp3) is 0.435. The minimum absolute atomic E-state index is 0.0711. The maximum absolute atomic E-state index is 11.2. The third-order valence-corrected chi connectivity index (χ3v) is 4.85. The zero-order valence-electron chi connectivity index (χ0n) is 17.3. The highest BCUT2D eigenvalue weighted by Gasteiger charge is 2.29. The Kier molecular flexibility index (Phi) is 8.96. The van der Waals surface area contributed by atoms with E-state index in [4.69, 9.17) is 18.9 Å². The molecule has 0 bridgehead atoms. The molecule has 2 rings (SSSR count). The molecular weight excluding hydrogens is 372 g/mol. The number of carbonyl (C=O) groups is 1. The summed E-state index contributed by atoms with van der Waals surface area (Å²) in [5, 5.41) is 9.23. The summed E-state index contributed by atoms with van der Waals surface area (Å²) < 4.78 is 21.5. The van der Waals surface area contributed by atoms with Gasteiger partial charge in [0.2, 0.25) is 0 Å². The number of ether oxygens (including phenoxy) is 4. The molecule has 1 N–H and O–H groups in total. The van der Waals surface area contributed by atoms with Gasteiger partial charge in [0.1, 0.15) is 11.5 Å². The van der Waals surface area contributed by atoms with Gasteiger partial charge in [0.05, 0.1) is 0 Å². The number of rotatable bonds is 13. The zero-order valence-corrected chi connectivity index (χ0v) is 17.3. The Morgan fingerprint density at radius 2 is 1.24 bits per heavy atom. The van der Waals surface area contributed by atoms with Crippen molar-refractivity contribution >= 4 is 5.97 Å². The van der Waals surface area contributed by atoms with Crippen LogP contribution in [0.15, 0.2) is 48.5 Å². The highest BCUT2D eigenvalue weighted by atomic mass is 16.7. The highest BCUT2D eigenvalue weighted by Crippen LogP contribution is 2.38. The SMILES string of the molecule is CCOCOc1ccc(C(C)(CCC(=O)O)c2ccc(OCOCC)cc2)cc1. The summed E-state index contributed by atoms with van der Waals surface area (Å²) in [5.41, 5.74) is 1.57. The molecule has 0 saturated carbocycles. The summed E-state index contributed by atoms with van der Waals surface area (Å²) in [6.45, 7) is 7.47. The molecule has 0 unspecified atom stereocenters. The van der Waals surface area contributed by atoms with Crippen LogP contribution >= 0.6 is 0 Å². The standard InChI is InChI=1S/C23H30O6/c1-4-26-16-28-20-10-6-18(7-11-20)23(3,15-14-22(24)25)19-8-12-21(13-9-19)29-17-27-5-2/h6-13H,4-5,14-17H2,1-3H3,(H,24,25). The van der Waals surface area contributed by atoms with Crippen molar-refractivity contribution in [3.8, 4) is 11.5 Å². The Labute approximate surface area is 172 Å². The van der Waals surface area contributed by atoms with Gasteiger partial charge in [-0.2, -0.15) is 0 Å². The Hall–Kier alpha value is -2.57. The van der Waals surface area contributed by atoms with E-state index in [0.717, 1.165) is 11.1 Å². The van der Waals surface area contributed by atoms with E-state index in [1.165, 1.54) is 0 Å². The van der Waals surface area contributed by atoms with Gasteiger partial charge in [-0.05, 0) is 55.7 Å². The molecule has 158 valence electrons. The average Bonchev–Trinajstić information content (AvgIpc) is 2.73. The number of hydrogen-bond acceptors (Lipinski definition) is 5. The molecule has 0 atom stereocenters. The molecule has 29 heavy (non-hydrogen) atoms. The number of carboxylic acid groups (broad SMARTS) is 1. The van der Waals surface area contributed by atoms with Crippen LogP contribution in [0.3, 0.4) is 0 Å². The molecule has 0 aromatic heterocycles. The number of aliphatic carboxylic acids is 1. The van der Waals surface area contributed by atoms with Crippen LogP contribution in [0.5, 0.6) is 11.5 Å². The molecule has 0 spiro atoms. The molecule has 0 saturated heterocycles. The van der Waals surface area contributed by atoms with E-state index >= 15 is 0 Å². The lowest BCUT2D eigenvalue weighted by molar-refractivity contribution is -0.137. The van der Waals surface area contributed by atoms with Gasteiger partial charge in [-0.3, -0.25) is 4.79 Å². The van der Waals surface area contributed by atoms with Gasteiger partial charge in [0.25, 0.3) is 0 Å². The Bertz CT molecular complexity index is 685. The number of carboxylic acids is 1. The van der Waals surface area contributed by atoms with Crippen LogP contribution in [0, 0.1) is 0 Å². The first-order valence-electron chi connectivity index (χ1n) is 9.83. The Balaban J connectivity index is 2.22. The number of benzene rings is 2. The van der Waals surface area contributed by atoms with Gasteiger partial charge in [0, 0.05) is 25.0 Å². The molecule has 2 aromatic rings. The van der Waals surface area contributed by atoms with Crippen molar-refractivity contribution in [2.75, 3.05) is 26.8 Å². The highest BCUT2D eigenvalue weighted by molar-refractivity contribution is 5.67. The monoisotopic (exact) mass is 402 g/mol. The van der Waals surface area contributed by atoms with Crippen molar-refractivity contribution in [1.82, 2.24) is 0 Å². The minimum atomic E-state index is -0.815.